The summed E-state index contributed by atoms with van der Waals surface area (Å²) in [6, 6.07) is 3.33. The van der Waals surface area contributed by atoms with Crippen LogP contribution < -0.4 is 11.5 Å². The van der Waals surface area contributed by atoms with E-state index in [1.807, 2.05) is 0 Å². The number of aliphatic hydroxyl groups excluding tert-OH is 2. The second-order valence-corrected chi connectivity index (χ2v) is 2.83. The molecule has 1 aromatic rings. The molecule has 0 unspecified atom stereocenters. The summed E-state index contributed by atoms with van der Waals surface area (Å²) in [7, 11) is 0. The first-order valence-corrected chi connectivity index (χ1v) is 4.08. The smallest absolute Gasteiger partial charge is 0.0705 e. The lowest BCUT2D eigenvalue weighted by Crippen LogP contribution is -2.06. The summed E-state index contributed by atoms with van der Waals surface area (Å²) < 4.78 is 0. The van der Waals surface area contributed by atoms with Crippen LogP contribution in [0.3, 0.4) is 0 Å². The quantitative estimate of drug-likeness (QED) is 0.490. The largest absolute Gasteiger partial charge is 0.398 e. The summed E-state index contributed by atoms with van der Waals surface area (Å²) in [4.78, 5) is 0. The highest BCUT2D eigenvalue weighted by Crippen LogP contribution is 2.23. The third-order valence-corrected chi connectivity index (χ3v) is 2.02. The molecule has 72 valence electrons. The minimum absolute atomic E-state index is 0.000648. The van der Waals surface area contributed by atoms with Crippen LogP contribution in [0.15, 0.2) is 12.1 Å². The average molecular weight is 182 g/mol. The van der Waals surface area contributed by atoms with Crippen molar-refractivity contribution in [3.05, 3.63) is 23.3 Å². The number of nitrogen functional groups attached to an aromatic ring is 2. The Kier molecular flexibility index (Phi) is 3.11. The number of nitrogens with two attached hydrogens (primary N) is 2. The van der Waals surface area contributed by atoms with Gasteiger partial charge in [0.2, 0.25) is 0 Å². The molecule has 0 radical (unpaired) electrons. The van der Waals surface area contributed by atoms with Gasteiger partial charge in [-0.2, -0.15) is 0 Å². The predicted molar refractivity (Wildman–Crippen MR) is 52.0 cm³/mol. The van der Waals surface area contributed by atoms with Gasteiger partial charge < -0.3 is 21.7 Å². The predicted octanol–water partition coefficient (Wildman–Crippen LogP) is -0.122. The lowest BCUT2D eigenvalue weighted by molar-refractivity contribution is 0.277. The molecule has 0 aliphatic carbocycles. The highest BCUT2D eigenvalue weighted by molar-refractivity contribution is 5.61. The van der Waals surface area contributed by atoms with E-state index in [2.05, 4.69) is 0 Å². The molecule has 4 heteroatoms. The van der Waals surface area contributed by atoms with Crippen molar-refractivity contribution in [1.82, 2.24) is 0 Å². The number of hydrogen-bond donors (Lipinski definition) is 4. The second-order valence-electron chi connectivity index (χ2n) is 2.83. The summed E-state index contributed by atoms with van der Waals surface area (Å²) in [6.07, 6.45) is 0.423. The van der Waals surface area contributed by atoms with Gasteiger partial charge in [0, 0.05) is 23.5 Å². The minimum atomic E-state index is -0.147. The Morgan fingerprint density at radius 3 is 2.00 bits per heavy atom. The maximum Gasteiger partial charge on any atom is 0.0705 e. The van der Waals surface area contributed by atoms with Crippen molar-refractivity contribution < 1.29 is 10.2 Å². The van der Waals surface area contributed by atoms with Crippen LogP contribution in [0.4, 0.5) is 11.4 Å². The summed E-state index contributed by atoms with van der Waals surface area (Å²) in [5.41, 5.74) is 13.7. The lowest BCUT2D eigenvalue weighted by atomic mass is 10.0. The van der Waals surface area contributed by atoms with E-state index in [1.165, 1.54) is 0 Å². The van der Waals surface area contributed by atoms with Gasteiger partial charge in [-0.05, 0) is 24.1 Å². The maximum atomic E-state index is 9.03. The molecular formula is C9H14N2O2. The molecule has 13 heavy (non-hydrogen) atoms. The maximum absolute atomic E-state index is 9.03. The topological polar surface area (TPSA) is 92.5 Å². The molecular weight excluding hydrogens is 168 g/mol. The molecule has 0 fully saturated rings. The minimum Gasteiger partial charge on any atom is -0.398 e. The SMILES string of the molecule is Nc1ccc(N)c(CCO)c1CO. The summed E-state index contributed by atoms with van der Waals surface area (Å²) in [5.74, 6) is 0. The molecule has 1 aromatic carbocycles. The standard InChI is InChI=1S/C9H14N2O2/c10-8-1-2-9(11)7(5-13)6(8)3-4-12/h1-2,12-13H,3-5,10-11H2. The van der Waals surface area contributed by atoms with Gasteiger partial charge in [-0.25, -0.2) is 0 Å². The summed E-state index contributed by atoms with van der Waals surface area (Å²) in [5, 5.41) is 17.8. The molecule has 0 amide bonds. The van der Waals surface area contributed by atoms with Crippen LogP contribution in [0.25, 0.3) is 0 Å². The second kappa shape index (κ2) is 4.11. The molecule has 0 heterocycles. The van der Waals surface area contributed by atoms with E-state index in [-0.39, 0.29) is 13.2 Å². The molecule has 0 atom stereocenters. The number of hydrogen-bond acceptors (Lipinski definition) is 4. The van der Waals surface area contributed by atoms with Crippen LogP contribution in [-0.4, -0.2) is 16.8 Å². The van der Waals surface area contributed by atoms with Gasteiger partial charge in [0.25, 0.3) is 0 Å². The Labute approximate surface area is 76.8 Å². The number of anilines is 2. The Hall–Kier alpha value is -1.26. The Morgan fingerprint density at radius 2 is 1.54 bits per heavy atom. The van der Waals surface area contributed by atoms with Crippen LogP contribution in [0.1, 0.15) is 11.1 Å². The summed E-state index contributed by atoms with van der Waals surface area (Å²) >= 11 is 0. The highest BCUT2D eigenvalue weighted by Gasteiger charge is 2.08. The van der Waals surface area contributed by atoms with Crippen molar-refractivity contribution in [2.24, 2.45) is 0 Å². The van der Waals surface area contributed by atoms with E-state index in [0.717, 1.165) is 5.56 Å². The van der Waals surface area contributed by atoms with Gasteiger partial charge in [-0.3, -0.25) is 0 Å². The van der Waals surface area contributed by atoms with E-state index >= 15 is 0 Å². The zero-order valence-electron chi connectivity index (χ0n) is 7.33. The normalized spacial score (nSPS) is 10.3. The molecule has 0 saturated heterocycles. The monoisotopic (exact) mass is 182 g/mol. The average Bonchev–Trinajstić information content (AvgIpc) is 2.12. The fraction of sp³-hybridized carbons (Fsp3) is 0.333. The molecule has 6 N–H and O–H groups in total. The van der Waals surface area contributed by atoms with Crippen molar-refractivity contribution in [3.63, 3.8) is 0 Å². The van der Waals surface area contributed by atoms with Crippen LogP contribution in [-0.2, 0) is 13.0 Å². The first-order chi connectivity index (χ1) is 6.20. The first-order valence-electron chi connectivity index (χ1n) is 4.08. The lowest BCUT2D eigenvalue weighted by Gasteiger charge is -2.11. The van der Waals surface area contributed by atoms with Crippen LogP contribution >= 0.6 is 0 Å². The van der Waals surface area contributed by atoms with Crippen LogP contribution in [0.2, 0.25) is 0 Å². The molecule has 0 bridgehead atoms. The van der Waals surface area contributed by atoms with Gasteiger partial charge in [0.15, 0.2) is 0 Å². The molecule has 0 aromatic heterocycles. The Bertz CT molecular complexity index is 300. The van der Waals surface area contributed by atoms with E-state index < -0.39 is 0 Å². The molecule has 0 saturated carbocycles. The van der Waals surface area contributed by atoms with Crippen molar-refractivity contribution >= 4 is 11.4 Å². The van der Waals surface area contributed by atoms with Crippen molar-refractivity contribution in [2.75, 3.05) is 18.1 Å². The molecule has 0 spiro atoms. The van der Waals surface area contributed by atoms with Gasteiger partial charge in [0.1, 0.15) is 0 Å². The van der Waals surface area contributed by atoms with E-state index in [9.17, 15) is 0 Å². The number of aliphatic hydroxyl groups is 2. The van der Waals surface area contributed by atoms with Gasteiger partial charge in [-0.15, -0.1) is 0 Å². The van der Waals surface area contributed by atoms with Crippen molar-refractivity contribution in [2.45, 2.75) is 13.0 Å². The van der Waals surface area contributed by atoms with Crippen molar-refractivity contribution in [1.29, 1.82) is 0 Å². The Balaban J connectivity index is 3.18. The Morgan fingerprint density at radius 1 is 1.00 bits per heavy atom. The van der Waals surface area contributed by atoms with Crippen LogP contribution in [0.5, 0.6) is 0 Å². The highest BCUT2D eigenvalue weighted by atomic mass is 16.3. The van der Waals surface area contributed by atoms with E-state index in [0.29, 0.717) is 23.4 Å². The molecule has 0 aliphatic rings. The van der Waals surface area contributed by atoms with E-state index in [4.69, 9.17) is 21.7 Å². The van der Waals surface area contributed by atoms with E-state index in [1.54, 1.807) is 12.1 Å². The van der Waals surface area contributed by atoms with Crippen molar-refractivity contribution in [3.8, 4) is 0 Å². The number of rotatable bonds is 3. The fourth-order valence-corrected chi connectivity index (χ4v) is 1.32. The van der Waals surface area contributed by atoms with Gasteiger partial charge in [0.05, 0.1) is 6.61 Å². The first kappa shape index (κ1) is 9.83. The zero-order valence-corrected chi connectivity index (χ0v) is 7.33. The molecule has 0 aliphatic heterocycles. The summed E-state index contributed by atoms with van der Waals surface area (Å²) in [6.45, 7) is -0.146. The zero-order chi connectivity index (χ0) is 9.84. The fourth-order valence-electron chi connectivity index (χ4n) is 1.32. The molecule has 1 rings (SSSR count). The third kappa shape index (κ3) is 1.91. The third-order valence-electron chi connectivity index (χ3n) is 2.02. The van der Waals surface area contributed by atoms with Gasteiger partial charge in [-0.1, -0.05) is 0 Å². The number of benzene rings is 1. The van der Waals surface area contributed by atoms with Crippen LogP contribution in [0, 0.1) is 0 Å². The molecule has 4 nitrogen and oxygen atoms in total. The van der Waals surface area contributed by atoms with Gasteiger partial charge >= 0.3 is 0 Å².